The number of ether oxygens (including phenoxy) is 1. The van der Waals surface area contributed by atoms with E-state index in [2.05, 4.69) is 0 Å². The molecule has 5 nitrogen and oxygen atoms in total. The van der Waals surface area contributed by atoms with E-state index < -0.39 is 6.10 Å². The molecule has 0 saturated heterocycles. The number of methoxy groups -OCH3 is 1. The highest BCUT2D eigenvalue weighted by Gasteiger charge is 2.17. The Morgan fingerprint density at radius 3 is 2.89 bits per heavy atom. The minimum atomic E-state index is -0.732. The number of nitrogen functional groups attached to an aromatic ring is 1. The highest BCUT2D eigenvalue weighted by atomic mass is 35.5. The predicted molar refractivity (Wildman–Crippen MR) is 70.7 cm³/mol. The summed E-state index contributed by atoms with van der Waals surface area (Å²) in [6, 6.07) is 4.71. The Bertz CT molecular complexity index is 426. The minimum absolute atomic E-state index is 0.165. The number of carbonyl (C=O) groups excluding carboxylic acids is 1. The van der Waals surface area contributed by atoms with Gasteiger partial charge >= 0.3 is 0 Å². The maximum atomic E-state index is 12.1. The van der Waals surface area contributed by atoms with Crippen LogP contribution < -0.4 is 5.73 Å². The zero-order chi connectivity index (χ0) is 13.7. The van der Waals surface area contributed by atoms with Crippen LogP contribution in [0.3, 0.4) is 0 Å². The average molecular weight is 273 g/mol. The lowest BCUT2D eigenvalue weighted by molar-refractivity contribution is 0.0380. The normalized spacial score (nSPS) is 12.2. The van der Waals surface area contributed by atoms with Gasteiger partial charge in [-0.2, -0.15) is 0 Å². The molecule has 0 saturated carbocycles. The lowest BCUT2D eigenvalue weighted by Crippen LogP contribution is -2.36. The maximum absolute atomic E-state index is 12.1. The quantitative estimate of drug-likeness (QED) is 0.784. The van der Waals surface area contributed by atoms with Gasteiger partial charge in [0, 0.05) is 31.4 Å². The summed E-state index contributed by atoms with van der Waals surface area (Å²) in [6.07, 6.45) is -0.732. The number of aliphatic hydroxyl groups is 1. The largest absolute Gasteiger partial charge is 0.398 e. The van der Waals surface area contributed by atoms with Crippen molar-refractivity contribution in [3.8, 4) is 0 Å². The van der Waals surface area contributed by atoms with Crippen LogP contribution >= 0.6 is 11.6 Å². The van der Waals surface area contributed by atoms with Crippen LogP contribution in [0.15, 0.2) is 18.2 Å². The third kappa shape index (κ3) is 3.87. The van der Waals surface area contributed by atoms with Crippen molar-refractivity contribution in [2.75, 3.05) is 33.0 Å². The lowest BCUT2D eigenvalue weighted by Gasteiger charge is -2.21. The number of amides is 1. The number of benzene rings is 1. The van der Waals surface area contributed by atoms with Crippen molar-refractivity contribution in [3.63, 3.8) is 0 Å². The molecule has 1 aromatic carbocycles. The highest BCUT2D eigenvalue weighted by molar-refractivity contribution is 6.31. The minimum Gasteiger partial charge on any atom is -0.398 e. The van der Waals surface area contributed by atoms with E-state index in [1.807, 2.05) is 0 Å². The van der Waals surface area contributed by atoms with Gasteiger partial charge in [-0.1, -0.05) is 11.6 Å². The Morgan fingerprint density at radius 2 is 2.28 bits per heavy atom. The average Bonchev–Trinajstić information content (AvgIpc) is 2.31. The summed E-state index contributed by atoms with van der Waals surface area (Å²) in [5.41, 5.74) is 6.41. The van der Waals surface area contributed by atoms with Crippen LogP contribution in [-0.2, 0) is 4.74 Å². The molecule has 6 heteroatoms. The van der Waals surface area contributed by atoms with Crippen molar-refractivity contribution in [1.82, 2.24) is 4.90 Å². The third-order valence-electron chi connectivity index (χ3n) is 2.44. The zero-order valence-corrected chi connectivity index (χ0v) is 11.1. The second-order valence-corrected chi connectivity index (χ2v) is 4.46. The maximum Gasteiger partial charge on any atom is 0.255 e. The fourth-order valence-electron chi connectivity index (χ4n) is 1.56. The van der Waals surface area contributed by atoms with E-state index >= 15 is 0 Å². The Morgan fingerprint density at radius 1 is 1.61 bits per heavy atom. The Labute approximate surface area is 111 Å². The Balaban J connectivity index is 2.77. The molecule has 0 aliphatic rings. The molecule has 1 aromatic rings. The first-order valence-corrected chi connectivity index (χ1v) is 5.81. The van der Waals surface area contributed by atoms with Crippen molar-refractivity contribution >= 4 is 23.2 Å². The molecule has 0 aliphatic carbocycles. The van der Waals surface area contributed by atoms with Gasteiger partial charge in [0.15, 0.2) is 0 Å². The number of anilines is 1. The van der Waals surface area contributed by atoms with E-state index in [-0.39, 0.29) is 19.1 Å². The van der Waals surface area contributed by atoms with Gasteiger partial charge in [-0.05, 0) is 18.2 Å². The summed E-state index contributed by atoms with van der Waals surface area (Å²) >= 11 is 5.83. The summed E-state index contributed by atoms with van der Waals surface area (Å²) in [7, 11) is 3.07. The molecule has 0 fully saturated rings. The van der Waals surface area contributed by atoms with Crippen molar-refractivity contribution in [1.29, 1.82) is 0 Å². The number of likely N-dealkylation sites (N-methyl/N-ethyl adjacent to an activating group) is 1. The topological polar surface area (TPSA) is 75.8 Å². The van der Waals surface area contributed by atoms with Crippen LogP contribution in [0.1, 0.15) is 10.4 Å². The number of nitrogens with two attached hydrogens (primary N) is 1. The first-order valence-electron chi connectivity index (χ1n) is 5.43. The van der Waals surface area contributed by atoms with E-state index in [1.165, 1.54) is 18.1 Å². The molecule has 0 spiro atoms. The number of rotatable bonds is 5. The lowest BCUT2D eigenvalue weighted by atomic mass is 10.1. The van der Waals surface area contributed by atoms with Crippen LogP contribution in [0.5, 0.6) is 0 Å². The van der Waals surface area contributed by atoms with Gasteiger partial charge in [0.1, 0.15) is 0 Å². The van der Waals surface area contributed by atoms with Crippen molar-refractivity contribution in [3.05, 3.63) is 28.8 Å². The number of hydrogen-bond donors (Lipinski definition) is 2. The molecule has 1 rings (SSSR count). The molecule has 0 aromatic heterocycles. The van der Waals surface area contributed by atoms with E-state index in [0.29, 0.717) is 16.3 Å². The zero-order valence-electron chi connectivity index (χ0n) is 10.4. The second-order valence-electron chi connectivity index (χ2n) is 4.03. The molecule has 1 amide bonds. The first-order chi connectivity index (χ1) is 8.45. The van der Waals surface area contributed by atoms with E-state index in [0.717, 1.165) is 0 Å². The van der Waals surface area contributed by atoms with E-state index in [4.69, 9.17) is 22.1 Å². The molecule has 100 valence electrons. The Hall–Kier alpha value is -1.30. The van der Waals surface area contributed by atoms with Crippen molar-refractivity contribution < 1.29 is 14.6 Å². The van der Waals surface area contributed by atoms with Crippen LogP contribution in [0, 0.1) is 0 Å². The first kappa shape index (κ1) is 14.8. The highest BCUT2D eigenvalue weighted by Crippen LogP contribution is 2.19. The SMILES string of the molecule is COCC(O)CN(C)C(=O)c1cc(Cl)ccc1N. The number of nitrogens with zero attached hydrogens (tertiary/aromatic N) is 1. The van der Waals surface area contributed by atoms with Crippen LogP contribution in [0.4, 0.5) is 5.69 Å². The number of carbonyl (C=O) groups is 1. The van der Waals surface area contributed by atoms with Gasteiger partial charge in [-0.25, -0.2) is 0 Å². The molecule has 18 heavy (non-hydrogen) atoms. The third-order valence-corrected chi connectivity index (χ3v) is 2.67. The molecule has 0 radical (unpaired) electrons. The monoisotopic (exact) mass is 272 g/mol. The van der Waals surface area contributed by atoms with Crippen LogP contribution in [0.25, 0.3) is 0 Å². The second kappa shape index (κ2) is 6.58. The molecule has 3 N–H and O–H groups in total. The summed E-state index contributed by atoms with van der Waals surface area (Å²) in [4.78, 5) is 13.5. The van der Waals surface area contributed by atoms with Gasteiger partial charge in [-0.15, -0.1) is 0 Å². The van der Waals surface area contributed by atoms with Crippen molar-refractivity contribution in [2.24, 2.45) is 0 Å². The Kier molecular flexibility index (Phi) is 5.40. The summed E-state index contributed by atoms with van der Waals surface area (Å²) in [5.74, 6) is -0.287. The standard InChI is InChI=1S/C12H17ClN2O3/c1-15(6-9(16)7-18-2)12(17)10-5-8(13)3-4-11(10)14/h3-5,9,16H,6-7,14H2,1-2H3. The molecular weight excluding hydrogens is 256 g/mol. The molecule has 0 heterocycles. The number of hydrogen-bond acceptors (Lipinski definition) is 4. The number of aliphatic hydroxyl groups excluding tert-OH is 1. The molecular formula is C12H17ClN2O3. The van der Waals surface area contributed by atoms with Gasteiger partial charge in [0.2, 0.25) is 0 Å². The van der Waals surface area contributed by atoms with Gasteiger partial charge < -0.3 is 20.5 Å². The van der Waals surface area contributed by atoms with Crippen LogP contribution in [-0.4, -0.2) is 49.3 Å². The van der Waals surface area contributed by atoms with Gasteiger partial charge in [0.25, 0.3) is 5.91 Å². The predicted octanol–water partition coefficient (Wildman–Crippen LogP) is 1.00. The molecule has 1 unspecified atom stereocenters. The smallest absolute Gasteiger partial charge is 0.255 e. The van der Waals surface area contributed by atoms with E-state index in [1.54, 1.807) is 19.2 Å². The van der Waals surface area contributed by atoms with Gasteiger partial charge in [0.05, 0.1) is 18.3 Å². The van der Waals surface area contributed by atoms with Crippen LogP contribution in [0.2, 0.25) is 5.02 Å². The number of halogens is 1. The molecule has 0 aliphatic heterocycles. The summed E-state index contributed by atoms with van der Waals surface area (Å²) in [6.45, 7) is 0.335. The molecule has 0 bridgehead atoms. The van der Waals surface area contributed by atoms with Crippen molar-refractivity contribution in [2.45, 2.75) is 6.10 Å². The fraction of sp³-hybridized carbons (Fsp3) is 0.417. The summed E-state index contributed by atoms with van der Waals surface area (Å²) in [5, 5.41) is 10.0. The van der Waals surface area contributed by atoms with Gasteiger partial charge in [-0.3, -0.25) is 4.79 Å². The van der Waals surface area contributed by atoms with E-state index in [9.17, 15) is 9.90 Å². The summed E-state index contributed by atoms with van der Waals surface area (Å²) < 4.78 is 4.80. The fourth-order valence-corrected chi connectivity index (χ4v) is 1.74. The molecule has 1 atom stereocenters.